The fourth-order valence-corrected chi connectivity index (χ4v) is 3.12. The third kappa shape index (κ3) is 4.31. The first-order chi connectivity index (χ1) is 13.0. The Bertz CT molecular complexity index is 1010. The van der Waals surface area contributed by atoms with Crippen molar-refractivity contribution in [2.45, 2.75) is 26.3 Å². The van der Waals surface area contributed by atoms with Crippen LogP contribution in [0.25, 0.3) is 11.0 Å². The molecule has 27 heavy (non-hydrogen) atoms. The van der Waals surface area contributed by atoms with Gasteiger partial charge in [-0.3, -0.25) is 4.79 Å². The molecule has 0 saturated heterocycles. The van der Waals surface area contributed by atoms with Gasteiger partial charge in [0.05, 0.1) is 30.4 Å². The van der Waals surface area contributed by atoms with Crippen LogP contribution >= 0.6 is 11.6 Å². The van der Waals surface area contributed by atoms with Gasteiger partial charge in [0.15, 0.2) is 0 Å². The number of aromatic nitrogens is 2. The Morgan fingerprint density at radius 3 is 2.93 bits per heavy atom. The van der Waals surface area contributed by atoms with Crippen molar-refractivity contribution in [1.82, 2.24) is 14.9 Å². The van der Waals surface area contributed by atoms with Gasteiger partial charge in [-0.15, -0.1) is 0 Å². The summed E-state index contributed by atoms with van der Waals surface area (Å²) >= 11 is 6.17. The van der Waals surface area contributed by atoms with Gasteiger partial charge in [-0.2, -0.15) is 0 Å². The summed E-state index contributed by atoms with van der Waals surface area (Å²) in [6, 6.07) is 3.26. The molecule has 3 rings (SSSR count). The Balaban J connectivity index is 1.70. The van der Waals surface area contributed by atoms with E-state index < -0.39 is 5.63 Å². The molecule has 1 N–H and O–H groups in total. The van der Waals surface area contributed by atoms with E-state index in [-0.39, 0.29) is 12.3 Å². The SMILES string of the molecule is COc1cc2oc(=O)c(CC(=O)NCCCn3ccnc3)c(C)c2cc1Cl. The highest BCUT2D eigenvalue weighted by atomic mass is 35.5. The molecule has 0 aliphatic rings. The van der Waals surface area contributed by atoms with Crippen LogP contribution in [0.2, 0.25) is 5.02 Å². The van der Waals surface area contributed by atoms with E-state index in [1.807, 2.05) is 10.8 Å². The number of methoxy groups -OCH3 is 1. The number of halogens is 1. The van der Waals surface area contributed by atoms with Gasteiger partial charge in [0.2, 0.25) is 5.91 Å². The number of fused-ring (bicyclic) bond motifs is 1. The Labute approximate surface area is 160 Å². The largest absolute Gasteiger partial charge is 0.495 e. The molecule has 0 fully saturated rings. The summed E-state index contributed by atoms with van der Waals surface area (Å²) in [5.74, 6) is 0.199. The predicted octanol–water partition coefficient (Wildman–Crippen LogP) is 2.71. The lowest BCUT2D eigenvalue weighted by Crippen LogP contribution is -2.29. The third-order valence-corrected chi connectivity index (χ3v) is 4.67. The molecular weight excluding hydrogens is 370 g/mol. The van der Waals surface area contributed by atoms with Crippen LogP contribution in [0.3, 0.4) is 0 Å². The van der Waals surface area contributed by atoms with Crippen LogP contribution in [-0.2, 0) is 17.8 Å². The Kier molecular flexibility index (Phi) is 5.81. The lowest BCUT2D eigenvalue weighted by Gasteiger charge is -2.10. The highest BCUT2D eigenvalue weighted by molar-refractivity contribution is 6.32. The summed E-state index contributed by atoms with van der Waals surface area (Å²) in [4.78, 5) is 28.5. The summed E-state index contributed by atoms with van der Waals surface area (Å²) < 4.78 is 12.4. The number of hydrogen-bond donors (Lipinski definition) is 1. The van der Waals surface area contributed by atoms with E-state index in [0.29, 0.717) is 39.4 Å². The molecule has 0 aliphatic carbocycles. The van der Waals surface area contributed by atoms with Crippen molar-refractivity contribution < 1.29 is 13.9 Å². The number of benzene rings is 1. The number of nitrogens with zero attached hydrogens (tertiary/aromatic N) is 2. The molecule has 0 atom stereocenters. The van der Waals surface area contributed by atoms with Crippen LogP contribution in [-0.4, -0.2) is 29.1 Å². The number of nitrogens with one attached hydrogen (secondary N) is 1. The van der Waals surface area contributed by atoms with E-state index in [1.54, 1.807) is 31.6 Å². The molecule has 3 aromatic rings. The van der Waals surface area contributed by atoms with Crippen LogP contribution in [0, 0.1) is 6.92 Å². The number of rotatable bonds is 7. The number of imidazole rings is 1. The molecule has 0 spiro atoms. The molecule has 0 saturated carbocycles. The first kappa shape index (κ1) is 19.0. The zero-order valence-electron chi connectivity index (χ0n) is 15.1. The minimum Gasteiger partial charge on any atom is -0.495 e. The highest BCUT2D eigenvalue weighted by Gasteiger charge is 2.16. The number of amides is 1. The molecule has 8 heteroatoms. The van der Waals surface area contributed by atoms with E-state index >= 15 is 0 Å². The number of carbonyl (C=O) groups excluding carboxylic acids is 1. The maximum Gasteiger partial charge on any atom is 0.340 e. The number of ether oxygens (including phenoxy) is 1. The van der Waals surface area contributed by atoms with Gasteiger partial charge in [0.25, 0.3) is 0 Å². The topological polar surface area (TPSA) is 86.4 Å². The zero-order chi connectivity index (χ0) is 19.4. The van der Waals surface area contributed by atoms with Gasteiger partial charge in [0.1, 0.15) is 11.3 Å². The van der Waals surface area contributed by atoms with Crippen molar-refractivity contribution in [3.05, 3.63) is 57.4 Å². The second-order valence-electron chi connectivity index (χ2n) is 6.16. The summed E-state index contributed by atoms with van der Waals surface area (Å²) in [5.41, 5.74) is 0.858. The first-order valence-corrected chi connectivity index (χ1v) is 8.89. The smallest absolute Gasteiger partial charge is 0.340 e. The van der Waals surface area contributed by atoms with Gasteiger partial charge >= 0.3 is 5.63 Å². The molecule has 7 nitrogen and oxygen atoms in total. The van der Waals surface area contributed by atoms with Crippen molar-refractivity contribution in [2.24, 2.45) is 0 Å². The molecule has 0 unspecified atom stereocenters. The molecule has 1 amide bonds. The molecular formula is C19H20ClN3O4. The van der Waals surface area contributed by atoms with E-state index in [2.05, 4.69) is 10.3 Å². The van der Waals surface area contributed by atoms with Crippen LogP contribution in [0.4, 0.5) is 0 Å². The number of hydrogen-bond acceptors (Lipinski definition) is 5. The number of aryl methyl sites for hydroxylation is 2. The van der Waals surface area contributed by atoms with Crippen molar-refractivity contribution in [3.63, 3.8) is 0 Å². The van der Waals surface area contributed by atoms with Crippen molar-refractivity contribution >= 4 is 28.5 Å². The first-order valence-electron chi connectivity index (χ1n) is 8.52. The average Bonchev–Trinajstić information content (AvgIpc) is 3.16. The summed E-state index contributed by atoms with van der Waals surface area (Å²) in [6.45, 7) is 3.06. The maximum atomic E-state index is 12.3. The zero-order valence-corrected chi connectivity index (χ0v) is 15.9. The van der Waals surface area contributed by atoms with E-state index in [9.17, 15) is 9.59 Å². The summed E-state index contributed by atoms with van der Waals surface area (Å²) in [6.07, 6.45) is 6.03. The number of carbonyl (C=O) groups is 1. The maximum absolute atomic E-state index is 12.3. The van der Waals surface area contributed by atoms with Crippen LogP contribution in [0.1, 0.15) is 17.5 Å². The third-order valence-electron chi connectivity index (χ3n) is 4.37. The van der Waals surface area contributed by atoms with Gasteiger partial charge in [0, 0.05) is 36.9 Å². The monoisotopic (exact) mass is 389 g/mol. The van der Waals surface area contributed by atoms with E-state index in [0.717, 1.165) is 13.0 Å². The lowest BCUT2D eigenvalue weighted by atomic mass is 10.0. The molecule has 0 aliphatic heterocycles. The molecule has 0 radical (unpaired) electrons. The van der Waals surface area contributed by atoms with Crippen molar-refractivity contribution in [2.75, 3.05) is 13.7 Å². The predicted molar refractivity (Wildman–Crippen MR) is 102 cm³/mol. The Hall–Kier alpha value is -2.80. The second-order valence-corrected chi connectivity index (χ2v) is 6.56. The molecule has 0 bridgehead atoms. The van der Waals surface area contributed by atoms with Gasteiger partial charge in [-0.25, -0.2) is 9.78 Å². The minimum atomic E-state index is -0.530. The van der Waals surface area contributed by atoms with Gasteiger partial charge in [-0.1, -0.05) is 11.6 Å². The normalized spacial score (nSPS) is 10.9. The molecule has 1 aromatic carbocycles. The average molecular weight is 390 g/mol. The van der Waals surface area contributed by atoms with Gasteiger partial charge < -0.3 is 19.0 Å². The standard InChI is InChI=1S/C19H20ClN3O4/c1-12-13-8-15(20)17(26-2)10-16(13)27-19(25)14(12)9-18(24)22-4-3-6-23-7-5-21-11-23/h5,7-8,10-11H,3-4,6,9H2,1-2H3,(H,22,24). The fourth-order valence-electron chi connectivity index (χ4n) is 2.88. The molecule has 2 aromatic heterocycles. The fraction of sp³-hybridized carbons (Fsp3) is 0.316. The van der Waals surface area contributed by atoms with Gasteiger partial charge in [-0.05, 0) is 25.0 Å². The highest BCUT2D eigenvalue weighted by Crippen LogP contribution is 2.31. The Morgan fingerprint density at radius 1 is 1.41 bits per heavy atom. The van der Waals surface area contributed by atoms with E-state index in [1.165, 1.54) is 7.11 Å². The summed E-state index contributed by atoms with van der Waals surface area (Å²) in [7, 11) is 1.49. The van der Waals surface area contributed by atoms with Crippen molar-refractivity contribution in [3.8, 4) is 5.75 Å². The van der Waals surface area contributed by atoms with Crippen LogP contribution < -0.4 is 15.7 Å². The van der Waals surface area contributed by atoms with E-state index in [4.69, 9.17) is 20.8 Å². The molecule has 2 heterocycles. The van der Waals surface area contributed by atoms with Crippen LogP contribution in [0.15, 0.2) is 40.1 Å². The second kappa shape index (κ2) is 8.26. The summed E-state index contributed by atoms with van der Waals surface area (Å²) in [5, 5.41) is 3.92. The van der Waals surface area contributed by atoms with Crippen molar-refractivity contribution in [1.29, 1.82) is 0 Å². The quantitative estimate of drug-likeness (QED) is 0.496. The molecule has 142 valence electrons. The Morgan fingerprint density at radius 2 is 2.22 bits per heavy atom. The lowest BCUT2D eigenvalue weighted by molar-refractivity contribution is -0.120. The van der Waals surface area contributed by atoms with Crippen LogP contribution in [0.5, 0.6) is 5.75 Å². The minimum absolute atomic E-state index is 0.0428.